The lowest BCUT2D eigenvalue weighted by molar-refractivity contribution is -0.134. The predicted molar refractivity (Wildman–Crippen MR) is 142 cm³/mol. The molecule has 7 nitrogen and oxygen atoms in total. The van der Waals surface area contributed by atoms with Crippen LogP contribution >= 0.6 is 0 Å². The Hall–Kier alpha value is -3.58. The van der Waals surface area contributed by atoms with Crippen molar-refractivity contribution in [3.05, 3.63) is 89.2 Å². The van der Waals surface area contributed by atoms with Crippen molar-refractivity contribution < 1.29 is 14.3 Å². The van der Waals surface area contributed by atoms with Gasteiger partial charge in [-0.2, -0.15) is 0 Å². The van der Waals surface area contributed by atoms with E-state index in [2.05, 4.69) is 67.2 Å². The quantitative estimate of drug-likeness (QED) is 0.484. The topological polar surface area (TPSA) is 66.8 Å². The molecule has 3 aromatic rings. The van der Waals surface area contributed by atoms with E-state index < -0.39 is 0 Å². The van der Waals surface area contributed by atoms with Gasteiger partial charge in [-0.3, -0.25) is 4.79 Å². The fourth-order valence-corrected chi connectivity index (χ4v) is 4.61. The predicted octanol–water partition coefficient (Wildman–Crippen LogP) is 5.03. The van der Waals surface area contributed by atoms with Gasteiger partial charge in [-0.05, 0) is 48.2 Å². The maximum Gasteiger partial charge on any atom is 0.322 e. The van der Waals surface area contributed by atoms with Crippen molar-refractivity contribution in [2.24, 2.45) is 0 Å². The first kappa shape index (κ1) is 25.5. The van der Waals surface area contributed by atoms with E-state index in [9.17, 15) is 9.59 Å². The van der Waals surface area contributed by atoms with Gasteiger partial charge in [-0.15, -0.1) is 0 Å². The molecule has 4 rings (SSSR count). The highest BCUT2D eigenvalue weighted by Crippen LogP contribution is 2.32. The molecule has 0 aliphatic carbocycles. The minimum absolute atomic E-state index is 0.0255. The number of aromatic nitrogens is 1. The smallest absolute Gasteiger partial charge is 0.322 e. The molecule has 1 atom stereocenters. The van der Waals surface area contributed by atoms with Crippen molar-refractivity contribution >= 4 is 17.6 Å². The zero-order chi connectivity index (χ0) is 25.7. The SMILES string of the molecule is COCCN(CC(=O)N1CCn2cccc2C1c1ccc(C)cc1)C(=O)Nc1ccc(C(C)C)cc1. The number of rotatable bonds is 8. The summed E-state index contributed by atoms with van der Waals surface area (Å²) in [7, 11) is 1.59. The fourth-order valence-electron chi connectivity index (χ4n) is 4.61. The number of carbonyl (C=O) groups is 2. The summed E-state index contributed by atoms with van der Waals surface area (Å²) in [6.07, 6.45) is 2.06. The van der Waals surface area contributed by atoms with Crippen LogP contribution in [0.1, 0.15) is 48.2 Å². The molecule has 1 unspecified atom stereocenters. The lowest BCUT2D eigenvalue weighted by atomic mass is 9.98. The van der Waals surface area contributed by atoms with Gasteiger partial charge in [0.05, 0.1) is 12.6 Å². The van der Waals surface area contributed by atoms with E-state index >= 15 is 0 Å². The zero-order valence-corrected chi connectivity index (χ0v) is 21.6. The van der Waals surface area contributed by atoms with Crippen LogP contribution in [0.15, 0.2) is 66.9 Å². The fraction of sp³-hybridized carbons (Fsp3) is 0.379. The van der Waals surface area contributed by atoms with Crippen LogP contribution < -0.4 is 5.32 Å². The molecule has 1 aliphatic heterocycles. The second-order valence-electron chi connectivity index (χ2n) is 9.65. The lowest BCUT2D eigenvalue weighted by Gasteiger charge is -2.38. The standard InChI is InChI=1S/C29H36N4O3/c1-21(2)23-11-13-25(14-12-23)30-29(35)32(18-19-36-4)20-27(34)33-17-16-31-15-5-6-26(31)28(33)24-9-7-22(3)8-10-24/h5-15,21,28H,16-20H2,1-4H3,(H,30,35). The van der Waals surface area contributed by atoms with E-state index in [-0.39, 0.29) is 24.5 Å². The second-order valence-corrected chi connectivity index (χ2v) is 9.65. The van der Waals surface area contributed by atoms with Gasteiger partial charge in [-0.1, -0.05) is 55.8 Å². The van der Waals surface area contributed by atoms with Crippen LogP contribution in [0, 0.1) is 6.92 Å². The minimum Gasteiger partial charge on any atom is -0.383 e. The maximum absolute atomic E-state index is 13.7. The first-order valence-electron chi connectivity index (χ1n) is 12.5. The third kappa shape index (κ3) is 5.79. The molecular formula is C29H36N4O3. The summed E-state index contributed by atoms with van der Waals surface area (Å²) in [5, 5.41) is 2.94. The Balaban J connectivity index is 1.53. The van der Waals surface area contributed by atoms with Gasteiger partial charge in [0.1, 0.15) is 6.54 Å². The summed E-state index contributed by atoms with van der Waals surface area (Å²) in [4.78, 5) is 30.3. The highest BCUT2D eigenvalue weighted by molar-refractivity contribution is 5.92. The minimum atomic E-state index is -0.315. The average Bonchev–Trinajstić information content (AvgIpc) is 3.35. The number of amides is 3. The van der Waals surface area contributed by atoms with E-state index in [1.807, 2.05) is 35.2 Å². The van der Waals surface area contributed by atoms with Gasteiger partial charge < -0.3 is 24.4 Å². The Morgan fingerprint density at radius 2 is 1.78 bits per heavy atom. The molecule has 0 saturated carbocycles. The number of nitrogens with zero attached hydrogens (tertiary/aromatic N) is 3. The number of aryl methyl sites for hydroxylation is 1. The molecule has 7 heteroatoms. The van der Waals surface area contributed by atoms with Crippen LogP contribution in [-0.4, -0.2) is 59.7 Å². The third-order valence-electron chi connectivity index (χ3n) is 6.76. The molecule has 1 aliphatic rings. The molecule has 2 heterocycles. The molecule has 1 aromatic heterocycles. The maximum atomic E-state index is 13.7. The van der Waals surface area contributed by atoms with Crippen LogP contribution in [0.3, 0.4) is 0 Å². The molecule has 0 bridgehead atoms. The van der Waals surface area contributed by atoms with Crippen molar-refractivity contribution in [1.82, 2.24) is 14.4 Å². The number of ether oxygens (including phenoxy) is 1. The molecule has 1 N–H and O–H groups in total. The monoisotopic (exact) mass is 488 g/mol. The number of hydrogen-bond donors (Lipinski definition) is 1. The Morgan fingerprint density at radius 1 is 1.06 bits per heavy atom. The number of urea groups is 1. The Kier molecular flexibility index (Phi) is 8.10. The largest absolute Gasteiger partial charge is 0.383 e. The molecule has 3 amide bonds. The summed E-state index contributed by atoms with van der Waals surface area (Å²) in [6, 6.07) is 19.7. The van der Waals surface area contributed by atoms with Gasteiger partial charge in [0.15, 0.2) is 0 Å². The van der Waals surface area contributed by atoms with Crippen molar-refractivity contribution in [3.8, 4) is 0 Å². The normalized spacial score (nSPS) is 15.0. The first-order chi connectivity index (χ1) is 17.4. The van der Waals surface area contributed by atoms with Gasteiger partial charge in [0.25, 0.3) is 0 Å². The highest BCUT2D eigenvalue weighted by Gasteiger charge is 2.33. The molecule has 190 valence electrons. The Labute approximate surface area is 213 Å². The Morgan fingerprint density at radius 3 is 2.44 bits per heavy atom. The van der Waals surface area contributed by atoms with Crippen LogP contribution in [0.25, 0.3) is 0 Å². The average molecular weight is 489 g/mol. The molecule has 0 fully saturated rings. The molecule has 0 radical (unpaired) electrons. The van der Waals surface area contributed by atoms with Gasteiger partial charge in [-0.25, -0.2) is 4.79 Å². The summed E-state index contributed by atoms with van der Waals surface area (Å²) in [5.74, 6) is 0.326. The first-order valence-corrected chi connectivity index (χ1v) is 12.5. The van der Waals surface area contributed by atoms with Crippen LogP contribution in [0.5, 0.6) is 0 Å². The molecule has 0 saturated heterocycles. The van der Waals surface area contributed by atoms with E-state index in [0.717, 1.165) is 17.8 Å². The van der Waals surface area contributed by atoms with Gasteiger partial charge in [0, 0.05) is 44.3 Å². The number of hydrogen-bond acceptors (Lipinski definition) is 3. The molecule has 0 spiro atoms. The number of nitrogens with one attached hydrogen (secondary N) is 1. The van der Waals surface area contributed by atoms with Gasteiger partial charge in [0.2, 0.25) is 5.91 Å². The third-order valence-corrected chi connectivity index (χ3v) is 6.76. The van der Waals surface area contributed by atoms with Crippen LogP contribution in [-0.2, 0) is 16.1 Å². The van der Waals surface area contributed by atoms with Crippen molar-refractivity contribution in [2.75, 3.05) is 38.7 Å². The van der Waals surface area contributed by atoms with Crippen LogP contribution in [0.2, 0.25) is 0 Å². The van der Waals surface area contributed by atoms with E-state index in [1.54, 1.807) is 7.11 Å². The summed E-state index contributed by atoms with van der Waals surface area (Å²) in [5.41, 5.74) is 5.22. The lowest BCUT2D eigenvalue weighted by Crippen LogP contribution is -2.49. The number of benzene rings is 2. The van der Waals surface area contributed by atoms with Crippen molar-refractivity contribution in [2.45, 2.75) is 39.3 Å². The summed E-state index contributed by atoms with van der Waals surface area (Å²) < 4.78 is 7.43. The summed E-state index contributed by atoms with van der Waals surface area (Å²) in [6.45, 7) is 8.26. The van der Waals surface area contributed by atoms with E-state index in [0.29, 0.717) is 31.3 Å². The van der Waals surface area contributed by atoms with Crippen molar-refractivity contribution in [1.29, 1.82) is 0 Å². The van der Waals surface area contributed by atoms with Crippen molar-refractivity contribution in [3.63, 3.8) is 0 Å². The van der Waals surface area contributed by atoms with Crippen LogP contribution in [0.4, 0.5) is 10.5 Å². The molecular weight excluding hydrogens is 452 g/mol. The summed E-state index contributed by atoms with van der Waals surface area (Å²) >= 11 is 0. The number of fused-ring (bicyclic) bond motifs is 1. The number of methoxy groups -OCH3 is 1. The zero-order valence-electron chi connectivity index (χ0n) is 21.6. The molecule has 2 aromatic carbocycles. The second kappa shape index (κ2) is 11.4. The van der Waals surface area contributed by atoms with E-state index in [4.69, 9.17) is 4.74 Å². The van der Waals surface area contributed by atoms with Gasteiger partial charge >= 0.3 is 6.03 Å². The number of anilines is 1. The van der Waals surface area contributed by atoms with E-state index in [1.165, 1.54) is 16.0 Å². The number of carbonyl (C=O) groups excluding carboxylic acids is 2. The molecule has 36 heavy (non-hydrogen) atoms. The Bertz CT molecular complexity index is 1170. The highest BCUT2D eigenvalue weighted by atomic mass is 16.5.